The molecule has 0 radical (unpaired) electrons. The van der Waals surface area contributed by atoms with Gasteiger partial charge in [0.1, 0.15) is 0 Å². The highest BCUT2D eigenvalue weighted by atomic mass is 16.5. The van der Waals surface area contributed by atoms with Gasteiger partial charge in [0.05, 0.1) is 12.7 Å². The van der Waals surface area contributed by atoms with Crippen molar-refractivity contribution in [3.63, 3.8) is 0 Å². The molecule has 1 saturated heterocycles. The molecule has 2 N–H and O–H groups in total. The molecule has 3 unspecified atom stereocenters. The predicted octanol–water partition coefficient (Wildman–Crippen LogP) is 0.0660. The number of likely N-dealkylation sites (N-methyl/N-ethyl adjacent to an activating group) is 1. The maximum atomic E-state index is 9.42. The zero-order valence-corrected chi connectivity index (χ0v) is 10.1. The van der Waals surface area contributed by atoms with Crippen molar-refractivity contribution in [1.29, 1.82) is 0 Å². The van der Waals surface area contributed by atoms with Crippen molar-refractivity contribution in [2.75, 3.05) is 33.4 Å². The first-order chi connectivity index (χ1) is 7.17. The third-order valence-corrected chi connectivity index (χ3v) is 3.09. The minimum atomic E-state index is -0.161. The first-order valence-electron chi connectivity index (χ1n) is 5.81. The van der Waals surface area contributed by atoms with Crippen molar-refractivity contribution in [2.24, 2.45) is 0 Å². The van der Waals surface area contributed by atoms with Crippen LogP contribution in [-0.4, -0.2) is 61.5 Å². The number of nitrogens with one attached hydrogen (secondary N) is 1. The zero-order chi connectivity index (χ0) is 11.3. The fourth-order valence-corrected chi connectivity index (χ4v) is 2.19. The average Bonchev–Trinajstić information content (AvgIpc) is 2.61. The Bertz CT molecular complexity index is 178. The molecular formula is C11H24N2O2. The second-order valence-corrected chi connectivity index (χ2v) is 4.39. The van der Waals surface area contributed by atoms with Gasteiger partial charge in [-0.15, -0.1) is 0 Å². The van der Waals surface area contributed by atoms with Crippen LogP contribution in [0.5, 0.6) is 0 Å². The van der Waals surface area contributed by atoms with E-state index in [1.807, 2.05) is 0 Å². The number of ether oxygens (including phenoxy) is 1. The first kappa shape index (κ1) is 12.9. The van der Waals surface area contributed by atoms with Gasteiger partial charge in [0.15, 0.2) is 0 Å². The van der Waals surface area contributed by atoms with Gasteiger partial charge in [-0.1, -0.05) is 6.92 Å². The maximum Gasteiger partial charge on any atom is 0.0680 e. The van der Waals surface area contributed by atoms with Gasteiger partial charge in [0.2, 0.25) is 0 Å². The van der Waals surface area contributed by atoms with E-state index >= 15 is 0 Å². The van der Waals surface area contributed by atoms with E-state index in [-0.39, 0.29) is 6.10 Å². The number of rotatable bonds is 6. The second kappa shape index (κ2) is 6.43. The molecule has 0 aromatic heterocycles. The Morgan fingerprint density at radius 1 is 1.60 bits per heavy atom. The Labute approximate surface area is 92.6 Å². The van der Waals surface area contributed by atoms with E-state index in [4.69, 9.17) is 4.74 Å². The van der Waals surface area contributed by atoms with Crippen molar-refractivity contribution in [2.45, 2.75) is 38.5 Å². The van der Waals surface area contributed by atoms with Gasteiger partial charge in [0, 0.05) is 32.3 Å². The Morgan fingerprint density at radius 2 is 2.33 bits per heavy atom. The molecule has 0 spiro atoms. The van der Waals surface area contributed by atoms with Gasteiger partial charge in [-0.05, 0) is 19.9 Å². The minimum absolute atomic E-state index is 0.161. The predicted molar refractivity (Wildman–Crippen MR) is 61.0 cm³/mol. The van der Waals surface area contributed by atoms with E-state index in [1.165, 1.54) is 0 Å². The second-order valence-electron chi connectivity index (χ2n) is 4.39. The summed E-state index contributed by atoms with van der Waals surface area (Å²) in [4.78, 5) is 2.39. The molecule has 0 aliphatic carbocycles. The van der Waals surface area contributed by atoms with Crippen LogP contribution < -0.4 is 5.32 Å². The molecule has 1 fully saturated rings. The Kier molecular flexibility index (Phi) is 5.53. The Hall–Kier alpha value is -0.160. The maximum absolute atomic E-state index is 9.42. The minimum Gasteiger partial charge on any atom is -0.392 e. The van der Waals surface area contributed by atoms with Gasteiger partial charge < -0.3 is 15.2 Å². The van der Waals surface area contributed by atoms with E-state index in [2.05, 4.69) is 24.1 Å². The van der Waals surface area contributed by atoms with Crippen LogP contribution in [0.15, 0.2) is 0 Å². The molecule has 1 aliphatic rings. The van der Waals surface area contributed by atoms with Crippen LogP contribution in [0.1, 0.15) is 20.3 Å². The van der Waals surface area contributed by atoms with E-state index in [1.54, 1.807) is 7.11 Å². The summed E-state index contributed by atoms with van der Waals surface area (Å²) in [5.74, 6) is 0. The van der Waals surface area contributed by atoms with Gasteiger partial charge in [-0.2, -0.15) is 0 Å². The van der Waals surface area contributed by atoms with E-state index in [0.29, 0.717) is 12.1 Å². The van der Waals surface area contributed by atoms with Crippen LogP contribution in [0.4, 0.5) is 0 Å². The van der Waals surface area contributed by atoms with Crippen molar-refractivity contribution >= 4 is 0 Å². The van der Waals surface area contributed by atoms with Crippen LogP contribution in [0.2, 0.25) is 0 Å². The van der Waals surface area contributed by atoms with E-state index < -0.39 is 0 Å². The fraction of sp³-hybridized carbons (Fsp3) is 1.00. The fourth-order valence-electron chi connectivity index (χ4n) is 2.19. The molecule has 0 bridgehead atoms. The Balaban J connectivity index is 2.32. The summed E-state index contributed by atoms with van der Waals surface area (Å²) < 4.78 is 5.16. The largest absolute Gasteiger partial charge is 0.392 e. The number of aliphatic hydroxyl groups is 1. The number of aliphatic hydroxyl groups excluding tert-OH is 1. The van der Waals surface area contributed by atoms with Crippen LogP contribution >= 0.6 is 0 Å². The third kappa shape index (κ3) is 4.07. The highest BCUT2D eigenvalue weighted by Gasteiger charge is 2.25. The summed E-state index contributed by atoms with van der Waals surface area (Å²) in [6, 6.07) is 0.874. The van der Waals surface area contributed by atoms with E-state index in [9.17, 15) is 5.11 Å². The molecule has 0 saturated carbocycles. The van der Waals surface area contributed by atoms with Crippen LogP contribution in [-0.2, 0) is 4.74 Å². The Morgan fingerprint density at radius 3 is 2.80 bits per heavy atom. The molecule has 3 atom stereocenters. The van der Waals surface area contributed by atoms with Gasteiger partial charge in [0.25, 0.3) is 0 Å². The molecule has 0 amide bonds. The molecule has 1 aliphatic heterocycles. The molecule has 0 aromatic carbocycles. The SMILES string of the molecule is CCN(CC1CC(O)CN1)C(C)COC. The normalized spacial score (nSPS) is 28.6. The summed E-state index contributed by atoms with van der Waals surface area (Å²) in [5.41, 5.74) is 0. The smallest absolute Gasteiger partial charge is 0.0680 e. The first-order valence-corrected chi connectivity index (χ1v) is 5.81. The van der Waals surface area contributed by atoms with Crippen LogP contribution in [0.3, 0.4) is 0 Å². The molecule has 1 rings (SSSR count). The molecular weight excluding hydrogens is 192 g/mol. The monoisotopic (exact) mass is 216 g/mol. The number of nitrogens with zero attached hydrogens (tertiary/aromatic N) is 1. The van der Waals surface area contributed by atoms with Gasteiger partial charge >= 0.3 is 0 Å². The lowest BCUT2D eigenvalue weighted by atomic mass is 10.1. The molecule has 1 heterocycles. The van der Waals surface area contributed by atoms with Crippen molar-refractivity contribution in [1.82, 2.24) is 10.2 Å². The van der Waals surface area contributed by atoms with Crippen molar-refractivity contribution < 1.29 is 9.84 Å². The topological polar surface area (TPSA) is 44.7 Å². The standard InChI is InChI=1S/C11H24N2O2/c1-4-13(9(2)8-15-3)7-10-5-11(14)6-12-10/h9-12,14H,4-8H2,1-3H3. The summed E-state index contributed by atoms with van der Waals surface area (Å²) >= 11 is 0. The van der Waals surface area contributed by atoms with Crippen LogP contribution in [0.25, 0.3) is 0 Å². The number of methoxy groups -OCH3 is 1. The van der Waals surface area contributed by atoms with Gasteiger partial charge in [-0.3, -0.25) is 4.90 Å². The quantitative estimate of drug-likeness (QED) is 0.659. The van der Waals surface area contributed by atoms with Gasteiger partial charge in [-0.25, -0.2) is 0 Å². The van der Waals surface area contributed by atoms with Crippen molar-refractivity contribution in [3.8, 4) is 0 Å². The number of β-amino-alcohol motifs (C(OH)–C–C–N with tert-alkyl or cyclic N) is 1. The lowest BCUT2D eigenvalue weighted by Gasteiger charge is -2.29. The molecule has 4 nitrogen and oxygen atoms in total. The number of hydrogen-bond donors (Lipinski definition) is 2. The molecule has 90 valence electrons. The lowest BCUT2D eigenvalue weighted by molar-refractivity contribution is 0.0957. The summed E-state index contributed by atoms with van der Waals surface area (Å²) in [5, 5.41) is 12.8. The molecule has 15 heavy (non-hydrogen) atoms. The summed E-state index contributed by atoms with van der Waals surface area (Å²) in [6.45, 7) is 7.87. The highest BCUT2D eigenvalue weighted by Crippen LogP contribution is 2.10. The van der Waals surface area contributed by atoms with E-state index in [0.717, 1.165) is 32.7 Å². The molecule has 4 heteroatoms. The summed E-state index contributed by atoms with van der Waals surface area (Å²) in [7, 11) is 1.74. The summed E-state index contributed by atoms with van der Waals surface area (Å²) in [6.07, 6.45) is 0.711. The van der Waals surface area contributed by atoms with Crippen LogP contribution in [0, 0.1) is 0 Å². The molecule has 0 aromatic rings. The number of hydrogen-bond acceptors (Lipinski definition) is 4. The average molecular weight is 216 g/mol. The third-order valence-electron chi connectivity index (χ3n) is 3.09. The zero-order valence-electron chi connectivity index (χ0n) is 10.1. The highest BCUT2D eigenvalue weighted by molar-refractivity contribution is 4.84. The lowest BCUT2D eigenvalue weighted by Crippen LogP contribution is -2.43. The van der Waals surface area contributed by atoms with Crippen molar-refractivity contribution in [3.05, 3.63) is 0 Å².